The van der Waals surface area contributed by atoms with Crippen LogP contribution in [0.15, 0.2) is 35.9 Å². The zero-order valence-electron chi connectivity index (χ0n) is 18.6. The SMILES string of the molecule is Cc1c(Cl)cccc1NC(=O)/C(C#N)=C/c1cc(C(C)(C)C)c(O)c(C(C)(C)C)c1. The molecule has 0 saturated carbocycles. The van der Waals surface area contributed by atoms with E-state index < -0.39 is 5.91 Å². The first-order valence-electron chi connectivity index (χ1n) is 9.82. The maximum absolute atomic E-state index is 12.7. The van der Waals surface area contributed by atoms with Crippen LogP contribution in [0.3, 0.4) is 0 Å². The van der Waals surface area contributed by atoms with Crippen molar-refractivity contribution < 1.29 is 9.90 Å². The van der Waals surface area contributed by atoms with Gasteiger partial charge in [-0.3, -0.25) is 4.79 Å². The minimum absolute atomic E-state index is 0.0280. The van der Waals surface area contributed by atoms with Gasteiger partial charge in [-0.25, -0.2) is 0 Å². The van der Waals surface area contributed by atoms with Crippen molar-refractivity contribution >= 4 is 29.3 Å². The van der Waals surface area contributed by atoms with Gasteiger partial charge in [-0.15, -0.1) is 0 Å². The zero-order valence-corrected chi connectivity index (χ0v) is 19.4. The Bertz CT molecular complexity index is 1010. The topological polar surface area (TPSA) is 73.1 Å². The number of hydrogen-bond donors (Lipinski definition) is 2. The summed E-state index contributed by atoms with van der Waals surface area (Å²) in [5.41, 5.74) is 2.89. The summed E-state index contributed by atoms with van der Waals surface area (Å²) in [5.74, 6) is -0.254. The molecule has 5 heteroatoms. The third-order valence-electron chi connectivity index (χ3n) is 4.94. The smallest absolute Gasteiger partial charge is 0.266 e. The number of rotatable bonds is 3. The van der Waals surface area contributed by atoms with Crippen molar-refractivity contribution in [2.75, 3.05) is 5.32 Å². The Balaban J connectivity index is 2.54. The van der Waals surface area contributed by atoms with Crippen LogP contribution in [0.25, 0.3) is 6.08 Å². The van der Waals surface area contributed by atoms with Crippen LogP contribution in [0.1, 0.15) is 63.8 Å². The fourth-order valence-electron chi connectivity index (χ4n) is 3.13. The molecule has 158 valence electrons. The average Bonchev–Trinajstić information content (AvgIpc) is 2.62. The number of amides is 1. The Morgan fingerprint density at radius 2 is 1.63 bits per heavy atom. The quantitative estimate of drug-likeness (QED) is 0.436. The van der Waals surface area contributed by atoms with E-state index in [1.54, 1.807) is 31.2 Å². The van der Waals surface area contributed by atoms with Gasteiger partial charge in [-0.05, 0) is 59.2 Å². The monoisotopic (exact) mass is 424 g/mol. The van der Waals surface area contributed by atoms with Crippen LogP contribution in [0.4, 0.5) is 5.69 Å². The van der Waals surface area contributed by atoms with Crippen molar-refractivity contribution in [2.45, 2.75) is 59.3 Å². The molecule has 2 N–H and O–H groups in total. The number of phenols is 1. The number of nitrogens with zero attached hydrogens (tertiary/aromatic N) is 1. The molecule has 0 heterocycles. The summed E-state index contributed by atoms with van der Waals surface area (Å²) in [6.45, 7) is 13.9. The average molecular weight is 425 g/mol. The molecule has 30 heavy (non-hydrogen) atoms. The number of aromatic hydroxyl groups is 1. The number of carbonyl (C=O) groups is 1. The van der Waals surface area contributed by atoms with Crippen LogP contribution in [-0.4, -0.2) is 11.0 Å². The molecule has 0 fully saturated rings. The molecule has 0 aliphatic carbocycles. The van der Waals surface area contributed by atoms with E-state index in [1.807, 2.05) is 59.7 Å². The summed E-state index contributed by atoms with van der Waals surface area (Å²) in [6, 6.07) is 10.9. The molecule has 4 nitrogen and oxygen atoms in total. The van der Waals surface area contributed by atoms with E-state index in [0.29, 0.717) is 16.3 Å². The Morgan fingerprint density at radius 1 is 1.10 bits per heavy atom. The molecule has 0 aliphatic heterocycles. The van der Waals surface area contributed by atoms with Crippen LogP contribution < -0.4 is 5.32 Å². The van der Waals surface area contributed by atoms with E-state index in [2.05, 4.69) is 5.32 Å². The van der Waals surface area contributed by atoms with Crippen molar-refractivity contribution in [3.8, 4) is 11.8 Å². The third kappa shape index (κ3) is 5.23. The van der Waals surface area contributed by atoms with Gasteiger partial charge in [0.2, 0.25) is 0 Å². The van der Waals surface area contributed by atoms with E-state index in [4.69, 9.17) is 11.6 Å². The third-order valence-corrected chi connectivity index (χ3v) is 5.35. The summed E-state index contributed by atoms with van der Waals surface area (Å²) in [5, 5.41) is 23.8. The molecule has 0 unspecified atom stereocenters. The van der Waals surface area contributed by atoms with Crippen LogP contribution in [0.2, 0.25) is 5.02 Å². The minimum Gasteiger partial charge on any atom is -0.507 e. The second kappa shape index (κ2) is 8.53. The van der Waals surface area contributed by atoms with Gasteiger partial charge in [0.15, 0.2) is 0 Å². The molecule has 0 aliphatic rings. The highest BCUT2D eigenvalue weighted by Gasteiger charge is 2.26. The Labute approximate surface area is 184 Å². The van der Waals surface area contributed by atoms with Crippen molar-refractivity contribution in [3.05, 3.63) is 63.2 Å². The number of hydrogen-bond acceptors (Lipinski definition) is 3. The molecule has 2 rings (SSSR count). The first-order chi connectivity index (χ1) is 13.8. The van der Waals surface area contributed by atoms with Crippen molar-refractivity contribution in [1.82, 2.24) is 0 Å². The standard InChI is InChI=1S/C25H29ClN2O2/c1-15-20(26)9-8-10-21(15)28-23(30)17(14-27)11-16-12-18(24(2,3)4)22(29)19(13-16)25(5,6)7/h8-13,29H,1-7H3,(H,28,30)/b17-11+. The predicted octanol–water partition coefficient (Wildman–Crippen LogP) is 6.49. The first-order valence-corrected chi connectivity index (χ1v) is 10.2. The largest absolute Gasteiger partial charge is 0.507 e. The number of phenolic OH excluding ortho intramolecular Hbond substituents is 1. The summed E-state index contributed by atoms with van der Waals surface area (Å²) in [6.07, 6.45) is 1.55. The zero-order chi connectivity index (χ0) is 22.9. The summed E-state index contributed by atoms with van der Waals surface area (Å²) in [4.78, 5) is 12.7. The number of halogens is 1. The summed E-state index contributed by atoms with van der Waals surface area (Å²) in [7, 11) is 0. The lowest BCUT2D eigenvalue weighted by atomic mass is 9.78. The molecular formula is C25H29ClN2O2. The molecular weight excluding hydrogens is 396 g/mol. The van der Waals surface area contributed by atoms with Crippen LogP contribution >= 0.6 is 11.6 Å². The fourth-order valence-corrected chi connectivity index (χ4v) is 3.31. The molecule has 0 bridgehead atoms. The summed E-state index contributed by atoms with van der Waals surface area (Å²) < 4.78 is 0. The Kier molecular flexibility index (Phi) is 6.69. The molecule has 0 aromatic heterocycles. The lowest BCUT2D eigenvalue weighted by molar-refractivity contribution is -0.112. The van der Waals surface area contributed by atoms with Crippen molar-refractivity contribution in [3.63, 3.8) is 0 Å². The van der Waals surface area contributed by atoms with Gasteiger partial charge >= 0.3 is 0 Å². The van der Waals surface area contributed by atoms with Crippen LogP contribution in [0, 0.1) is 18.3 Å². The van der Waals surface area contributed by atoms with E-state index in [0.717, 1.165) is 16.7 Å². The molecule has 0 radical (unpaired) electrons. The molecule has 1 amide bonds. The lowest BCUT2D eigenvalue weighted by Crippen LogP contribution is -2.18. The van der Waals surface area contributed by atoms with Crippen LogP contribution in [-0.2, 0) is 15.6 Å². The van der Waals surface area contributed by atoms with Gasteiger partial charge in [0.05, 0.1) is 0 Å². The maximum atomic E-state index is 12.7. The van der Waals surface area contributed by atoms with E-state index in [-0.39, 0.29) is 22.2 Å². The predicted molar refractivity (Wildman–Crippen MR) is 124 cm³/mol. The van der Waals surface area contributed by atoms with Crippen molar-refractivity contribution in [2.24, 2.45) is 0 Å². The normalized spacial score (nSPS) is 12.4. The van der Waals surface area contributed by atoms with Crippen molar-refractivity contribution in [1.29, 1.82) is 5.26 Å². The maximum Gasteiger partial charge on any atom is 0.266 e. The summed E-state index contributed by atoms with van der Waals surface area (Å²) >= 11 is 6.12. The van der Waals surface area contributed by atoms with Gasteiger partial charge in [0, 0.05) is 21.8 Å². The molecule has 0 spiro atoms. The molecule has 0 saturated heterocycles. The number of nitrogens with one attached hydrogen (secondary N) is 1. The number of anilines is 1. The van der Waals surface area contributed by atoms with Gasteiger partial charge in [0.1, 0.15) is 17.4 Å². The minimum atomic E-state index is -0.509. The lowest BCUT2D eigenvalue weighted by Gasteiger charge is -2.28. The number of nitriles is 1. The van der Waals surface area contributed by atoms with Gasteiger partial charge in [-0.2, -0.15) is 5.26 Å². The fraction of sp³-hybridized carbons (Fsp3) is 0.360. The van der Waals surface area contributed by atoms with Crippen LogP contribution in [0.5, 0.6) is 5.75 Å². The van der Waals surface area contributed by atoms with E-state index in [1.165, 1.54) is 0 Å². The highest BCUT2D eigenvalue weighted by molar-refractivity contribution is 6.31. The van der Waals surface area contributed by atoms with E-state index in [9.17, 15) is 15.2 Å². The Hall–Kier alpha value is -2.77. The highest BCUT2D eigenvalue weighted by atomic mass is 35.5. The molecule has 2 aromatic carbocycles. The van der Waals surface area contributed by atoms with Gasteiger partial charge in [0.25, 0.3) is 5.91 Å². The second-order valence-corrected chi connectivity index (χ2v) is 9.91. The van der Waals surface area contributed by atoms with Gasteiger partial charge in [-0.1, -0.05) is 59.2 Å². The van der Waals surface area contributed by atoms with E-state index >= 15 is 0 Å². The Morgan fingerprint density at radius 3 is 2.10 bits per heavy atom. The molecule has 2 aromatic rings. The van der Waals surface area contributed by atoms with Gasteiger partial charge < -0.3 is 10.4 Å². The number of carbonyl (C=O) groups excluding carboxylic acids is 1. The second-order valence-electron chi connectivity index (χ2n) is 9.50. The number of benzene rings is 2. The highest BCUT2D eigenvalue weighted by Crippen LogP contribution is 2.40. The molecule has 0 atom stereocenters. The first kappa shape index (κ1) is 23.5.